The van der Waals surface area contributed by atoms with Gasteiger partial charge in [0, 0.05) is 25.0 Å². The van der Waals surface area contributed by atoms with Crippen molar-refractivity contribution in [2.75, 3.05) is 12.4 Å². The Morgan fingerprint density at radius 1 is 1.35 bits per heavy atom. The summed E-state index contributed by atoms with van der Waals surface area (Å²) in [7, 11) is 3.71. The lowest BCUT2D eigenvalue weighted by molar-refractivity contribution is 0.631. The Hall–Kier alpha value is -2.60. The second-order valence-electron chi connectivity index (χ2n) is 5.31. The average molecular weight is 330 g/mol. The maximum Gasteiger partial charge on any atom is 0.156 e. The molecule has 4 rings (SSSR count). The van der Waals surface area contributed by atoms with Crippen molar-refractivity contribution in [3.05, 3.63) is 41.4 Å². The third-order valence-electron chi connectivity index (χ3n) is 3.92. The van der Waals surface area contributed by atoms with Crippen LogP contribution in [0.25, 0.3) is 33.3 Å². The Morgan fingerprint density at radius 2 is 2.17 bits per heavy atom. The predicted molar refractivity (Wildman–Crippen MR) is 90.3 cm³/mol. The molecule has 4 aromatic rings. The zero-order valence-electron chi connectivity index (χ0n) is 12.5. The monoisotopic (exact) mass is 329 g/mol. The van der Waals surface area contributed by atoms with Crippen LogP contribution in [0.4, 0.5) is 10.2 Å². The number of halogens is 2. The Balaban J connectivity index is 2.07. The molecule has 7 heteroatoms. The van der Waals surface area contributed by atoms with Gasteiger partial charge in [-0.25, -0.2) is 14.4 Å². The molecule has 0 bridgehead atoms. The van der Waals surface area contributed by atoms with E-state index in [2.05, 4.69) is 20.3 Å². The number of imidazole rings is 1. The molecule has 0 aliphatic carbocycles. The highest BCUT2D eigenvalue weighted by atomic mass is 35.5. The second kappa shape index (κ2) is 4.96. The number of aryl methyl sites for hydroxylation is 1. The van der Waals surface area contributed by atoms with E-state index in [0.29, 0.717) is 22.7 Å². The predicted octanol–water partition coefficient (Wildman–Crippen LogP) is 3.95. The first-order valence-corrected chi connectivity index (χ1v) is 7.44. The average Bonchev–Trinajstić information content (AvgIpc) is 3.12. The molecule has 0 saturated heterocycles. The van der Waals surface area contributed by atoms with Crippen LogP contribution in [0, 0.1) is 5.82 Å². The van der Waals surface area contributed by atoms with Crippen LogP contribution in [0.1, 0.15) is 0 Å². The Labute approximate surface area is 136 Å². The molecule has 116 valence electrons. The van der Waals surface area contributed by atoms with Crippen LogP contribution < -0.4 is 5.32 Å². The van der Waals surface area contributed by atoms with Gasteiger partial charge < -0.3 is 14.9 Å². The number of benzene rings is 1. The molecule has 0 aliphatic rings. The minimum atomic E-state index is -0.448. The standard InChI is InChI=1S/C16H13ClFN5/c1-19-16-13-14(23(2)7-20-13)9-6-11(21-15(9)22-16)8-4-3-5-10(17)12(8)18/h3-7H,1-2H3,(H2,19,21,22). The zero-order valence-corrected chi connectivity index (χ0v) is 13.2. The number of rotatable bonds is 2. The van der Waals surface area contributed by atoms with Crippen LogP contribution >= 0.6 is 11.6 Å². The third-order valence-corrected chi connectivity index (χ3v) is 4.21. The summed E-state index contributed by atoms with van der Waals surface area (Å²) in [5.74, 6) is 0.226. The quantitative estimate of drug-likeness (QED) is 0.585. The van der Waals surface area contributed by atoms with Crippen LogP contribution in [0.5, 0.6) is 0 Å². The highest BCUT2D eigenvalue weighted by molar-refractivity contribution is 6.31. The van der Waals surface area contributed by atoms with E-state index in [4.69, 9.17) is 11.6 Å². The summed E-state index contributed by atoms with van der Waals surface area (Å²) in [4.78, 5) is 12.1. The molecule has 5 nitrogen and oxygen atoms in total. The van der Waals surface area contributed by atoms with Gasteiger partial charge in [-0.2, -0.15) is 0 Å². The molecule has 3 aromatic heterocycles. The summed E-state index contributed by atoms with van der Waals surface area (Å²) in [5.41, 5.74) is 3.42. The SMILES string of the molecule is CNc1nc2[nH]c(-c3cccc(Cl)c3F)cc2c2c1ncn2C. The van der Waals surface area contributed by atoms with E-state index in [1.165, 1.54) is 6.07 Å². The molecule has 0 spiro atoms. The molecule has 23 heavy (non-hydrogen) atoms. The fourth-order valence-corrected chi connectivity index (χ4v) is 3.00. The van der Waals surface area contributed by atoms with Crippen molar-refractivity contribution < 1.29 is 4.39 Å². The maximum atomic E-state index is 14.3. The van der Waals surface area contributed by atoms with Gasteiger partial charge in [0.25, 0.3) is 0 Å². The Morgan fingerprint density at radius 3 is 2.96 bits per heavy atom. The lowest BCUT2D eigenvalue weighted by Crippen LogP contribution is -1.95. The van der Waals surface area contributed by atoms with Crippen molar-refractivity contribution in [3.8, 4) is 11.3 Å². The molecule has 0 aliphatic heterocycles. The fourth-order valence-electron chi connectivity index (χ4n) is 2.83. The number of aromatic nitrogens is 4. The molecule has 0 saturated carbocycles. The lowest BCUT2D eigenvalue weighted by Gasteiger charge is -2.02. The van der Waals surface area contributed by atoms with Gasteiger partial charge in [0.05, 0.1) is 22.6 Å². The molecule has 1 aromatic carbocycles. The van der Waals surface area contributed by atoms with Crippen molar-refractivity contribution in [3.63, 3.8) is 0 Å². The largest absolute Gasteiger partial charge is 0.371 e. The molecular weight excluding hydrogens is 317 g/mol. The number of fused-ring (bicyclic) bond motifs is 3. The van der Waals surface area contributed by atoms with E-state index < -0.39 is 5.82 Å². The van der Waals surface area contributed by atoms with E-state index >= 15 is 0 Å². The van der Waals surface area contributed by atoms with Gasteiger partial charge in [0.2, 0.25) is 0 Å². The number of H-pyrrole nitrogens is 1. The molecular formula is C16H13ClFN5. The van der Waals surface area contributed by atoms with Crippen LogP contribution in [0.2, 0.25) is 5.02 Å². The van der Waals surface area contributed by atoms with E-state index in [1.807, 2.05) is 17.7 Å². The highest BCUT2D eigenvalue weighted by Crippen LogP contribution is 2.33. The maximum absolute atomic E-state index is 14.3. The number of hydrogen-bond donors (Lipinski definition) is 2. The summed E-state index contributed by atoms with van der Waals surface area (Å²) in [6, 6.07) is 6.81. The first kappa shape index (κ1) is 14.0. The van der Waals surface area contributed by atoms with Gasteiger partial charge in [0.1, 0.15) is 11.2 Å². The Bertz CT molecular complexity index is 1050. The number of aromatic amines is 1. The highest BCUT2D eigenvalue weighted by Gasteiger charge is 2.17. The van der Waals surface area contributed by atoms with E-state index in [1.54, 1.807) is 25.5 Å². The molecule has 2 N–H and O–H groups in total. The number of anilines is 1. The summed E-state index contributed by atoms with van der Waals surface area (Å²) in [6.07, 6.45) is 1.74. The fraction of sp³-hybridized carbons (Fsp3) is 0.125. The van der Waals surface area contributed by atoms with Crippen LogP contribution in [0.15, 0.2) is 30.6 Å². The molecule has 0 amide bonds. The normalized spacial score (nSPS) is 11.5. The van der Waals surface area contributed by atoms with Crippen molar-refractivity contribution in [1.82, 2.24) is 19.5 Å². The zero-order chi connectivity index (χ0) is 16.1. The van der Waals surface area contributed by atoms with E-state index in [0.717, 1.165) is 16.4 Å². The summed E-state index contributed by atoms with van der Waals surface area (Å²) < 4.78 is 16.2. The van der Waals surface area contributed by atoms with Gasteiger partial charge in [-0.15, -0.1) is 0 Å². The van der Waals surface area contributed by atoms with E-state index in [-0.39, 0.29) is 5.02 Å². The lowest BCUT2D eigenvalue weighted by atomic mass is 10.1. The summed E-state index contributed by atoms with van der Waals surface area (Å²) >= 11 is 5.88. The number of hydrogen-bond acceptors (Lipinski definition) is 3. The van der Waals surface area contributed by atoms with Crippen LogP contribution in [-0.4, -0.2) is 26.6 Å². The van der Waals surface area contributed by atoms with Gasteiger partial charge >= 0.3 is 0 Å². The van der Waals surface area contributed by atoms with Gasteiger partial charge in [0.15, 0.2) is 11.6 Å². The smallest absolute Gasteiger partial charge is 0.156 e. The van der Waals surface area contributed by atoms with Crippen molar-refractivity contribution in [2.24, 2.45) is 7.05 Å². The topological polar surface area (TPSA) is 58.5 Å². The molecule has 0 radical (unpaired) electrons. The number of pyridine rings is 1. The van der Waals surface area contributed by atoms with Crippen molar-refractivity contribution in [1.29, 1.82) is 0 Å². The summed E-state index contributed by atoms with van der Waals surface area (Å²) in [5, 5.41) is 4.02. The minimum Gasteiger partial charge on any atom is -0.371 e. The first-order valence-electron chi connectivity index (χ1n) is 7.06. The van der Waals surface area contributed by atoms with Crippen molar-refractivity contribution in [2.45, 2.75) is 0 Å². The molecule has 0 fully saturated rings. The van der Waals surface area contributed by atoms with Gasteiger partial charge in [-0.1, -0.05) is 17.7 Å². The second-order valence-corrected chi connectivity index (χ2v) is 5.72. The molecule has 0 atom stereocenters. The molecule has 3 heterocycles. The van der Waals surface area contributed by atoms with Gasteiger partial charge in [-0.05, 0) is 18.2 Å². The first-order chi connectivity index (χ1) is 11.1. The van der Waals surface area contributed by atoms with Crippen LogP contribution in [0.3, 0.4) is 0 Å². The van der Waals surface area contributed by atoms with Crippen LogP contribution in [-0.2, 0) is 7.05 Å². The number of nitrogens with zero attached hydrogens (tertiary/aromatic N) is 3. The Kier molecular flexibility index (Phi) is 3.02. The van der Waals surface area contributed by atoms with E-state index in [9.17, 15) is 4.39 Å². The third kappa shape index (κ3) is 1.98. The van der Waals surface area contributed by atoms with Crippen molar-refractivity contribution >= 4 is 39.5 Å². The summed E-state index contributed by atoms with van der Waals surface area (Å²) in [6.45, 7) is 0. The number of nitrogens with one attached hydrogen (secondary N) is 2. The molecule has 0 unspecified atom stereocenters. The van der Waals surface area contributed by atoms with Gasteiger partial charge in [-0.3, -0.25) is 0 Å². The minimum absolute atomic E-state index is 0.0932.